The van der Waals surface area contributed by atoms with E-state index in [-0.39, 0.29) is 23.5 Å². The molecule has 1 aliphatic rings. The first kappa shape index (κ1) is 10.2. The van der Waals surface area contributed by atoms with Crippen molar-refractivity contribution in [3.8, 4) is 0 Å². The quantitative estimate of drug-likeness (QED) is 0.662. The fourth-order valence-corrected chi connectivity index (χ4v) is 1.93. The molecule has 1 aliphatic carbocycles. The molecule has 13 heavy (non-hydrogen) atoms. The maximum absolute atomic E-state index is 10.9. The van der Waals surface area contributed by atoms with Crippen LogP contribution in [-0.2, 0) is 9.59 Å². The summed E-state index contributed by atoms with van der Waals surface area (Å²) in [4.78, 5) is 21.6. The Balaban J connectivity index is 2.56. The number of hydrogen-bond donors (Lipinski definition) is 2. The second-order valence-corrected chi connectivity index (χ2v) is 4.14. The van der Waals surface area contributed by atoms with Gasteiger partial charge in [-0.15, -0.1) is 0 Å². The largest absolute Gasteiger partial charge is 0.481 e. The van der Waals surface area contributed by atoms with Crippen LogP contribution >= 0.6 is 0 Å². The third-order valence-corrected chi connectivity index (χ3v) is 2.94. The molecule has 0 bridgehead atoms. The summed E-state index contributed by atoms with van der Waals surface area (Å²) in [5.41, 5.74) is -0.295. The molecule has 0 aliphatic heterocycles. The molecule has 1 rings (SSSR count). The van der Waals surface area contributed by atoms with E-state index < -0.39 is 18.5 Å². The van der Waals surface area contributed by atoms with Crippen molar-refractivity contribution in [2.45, 2.75) is 20.3 Å². The average Bonchev–Trinajstić information content (AvgIpc) is 2.53. The normalized spacial score (nSPS) is 29.8. The highest BCUT2D eigenvalue weighted by Crippen LogP contribution is 2.59. The lowest BCUT2D eigenvalue weighted by Crippen LogP contribution is -2.07. The summed E-state index contributed by atoms with van der Waals surface area (Å²) in [7, 11) is 0. The number of carboxylic acids is 1. The lowest BCUT2D eigenvalue weighted by atomic mass is 10.1. The molecule has 1 fully saturated rings. The number of aliphatic hydroxyl groups is 1. The zero-order valence-corrected chi connectivity index (χ0v) is 7.78. The monoisotopic (exact) mass is 186 g/mol. The van der Waals surface area contributed by atoms with Crippen molar-refractivity contribution in [1.29, 1.82) is 0 Å². The van der Waals surface area contributed by atoms with Gasteiger partial charge in [0.05, 0.1) is 5.92 Å². The summed E-state index contributed by atoms with van der Waals surface area (Å²) < 4.78 is 0. The molecule has 0 heterocycles. The minimum atomic E-state index is -0.847. The van der Waals surface area contributed by atoms with Gasteiger partial charge >= 0.3 is 5.97 Å². The van der Waals surface area contributed by atoms with Crippen LogP contribution in [0, 0.1) is 17.3 Å². The third kappa shape index (κ3) is 1.72. The summed E-state index contributed by atoms with van der Waals surface area (Å²) in [6, 6.07) is 0. The molecule has 0 unspecified atom stereocenters. The summed E-state index contributed by atoms with van der Waals surface area (Å²) >= 11 is 0. The number of aliphatic hydroxyl groups excluding tert-OH is 1. The van der Waals surface area contributed by atoms with E-state index in [9.17, 15) is 9.59 Å². The maximum atomic E-state index is 10.9. The van der Waals surface area contributed by atoms with E-state index in [1.807, 2.05) is 13.8 Å². The van der Waals surface area contributed by atoms with Gasteiger partial charge in [-0.2, -0.15) is 0 Å². The van der Waals surface area contributed by atoms with Gasteiger partial charge in [0.25, 0.3) is 0 Å². The van der Waals surface area contributed by atoms with Gasteiger partial charge in [0.2, 0.25) is 0 Å². The van der Waals surface area contributed by atoms with E-state index in [2.05, 4.69) is 0 Å². The molecule has 0 aromatic heterocycles. The van der Waals surface area contributed by atoms with Gasteiger partial charge in [-0.05, 0) is 11.3 Å². The topological polar surface area (TPSA) is 74.6 Å². The molecule has 2 atom stereocenters. The van der Waals surface area contributed by atoms with E-state index in [0.29, 0.717) is 0 Å². The fraction of sp³-hybridized carbons (Fsp3) is 0.778. The Labute approximate surface area is 76.6 Å². The molecule has 0 spiro atoms. The summed E-state index contributed by atoms with van der Waals surface area (Å²) in [6.07, 6.45) is 0.181. The minimum Gasteiger partial charge on any atom is -0.481 e. The van der Waals surface area contributed by atoms with E-state index in [4.69, 9.17) is 10.2 Å². The SMILES string of the molecule is CC1(C)[C@H](CC(=O)CO)[C@@H]1C(=O)O. The molecular formula is C9H14O4. The van der Waals surface area contributed by atoms with Crippen LogP contribution in [0.5, 0.6) is 0 Å². The van der Waals surface area contributed by atoms with Gasteiger partial charge in [0.15, 0.2) is 5.78 Å². The molecule has 2 N–H and O–H groups in total. The second kappa shape index (κ2) is 3.10. The molecule has 4 nitrogen and oxygen atoms in total. The van der Waals surface area contributed by atoms with E-state index in [0.717, 1.165) is 0 Å². The van der Waals surface area contributed by atoms with Crippen molar-refractivity contribution in [3.63, 3.8) is 0 Å². The Bertz CT molecular complexity index is 244. The predicted molar refractivity (Wildman–Crippen MR) is 45.1 cm³/mol. The average molecular weight is 186 g/mol. The van der Waals surface area contributed by atoms with Crippen LogP contribution in [-0.4, -0.2) is 28.6 Å². The van der Waals surface area contributed by atoms with Crippen molar-refractivity contribution < 1.29 is 19.8 Å². The highest BCUT2D eigenvalue weighted by Gasteiger charge is 2.62. The first-order valence-electron chi connectivity index (χ1n) is 4.26. The molecule has 0 aromatic carbocycles. The zero-order chi connectivity index (χ0) is 10.2. The van der Waals surface area contributed by atoms with Crippen molar-refractivity contribution >= 4 is 11.8 Å². The predicted octanol–water partition coefficient (Wildman–Crippen LogP) is 0.295. The smallest absolute Gasteiger partial charge is 0.307 e. The second-order valence-electron chi connectivity index (χ2n) is 4.14. The van der Waals surface area contributed by atoms with E-state index >= 15 is 0 Å². The molecule has 0 amide bonds. The third-order valence-electron chi connectivity index (χ3n) is 2.94. The van der Waals surface area contributed by atoms with Crippen molar-refractivity contribution in [3.05, 3.63) is 0 Å². The van der Waals surface area contributed by atoms with Crippen LogP contribution in [0.4, 0.5) is 0 Å². The lowest BCUT2D eigenvalue weighted by Gasteiger charge is -1.99. The Morgan fingerprint density at radius 1 is 1.38 bits per heavy atom. The first-order chi connectivity index (χ1) is 5.91. The minimum absolute atomic E-state index is 0.107. The zero-order valence-electron chi connectivity index (χ0n) is 7.78. The molecule has 0 aromatic rings. The van der Waals surface area contributed by atoms with Gasteiger partial charge in [0, 0.05) is 6.42 Å². The Morgan fingerprint density at radius 2 is 1.92 bits per heavy atom. The van der Waals surface area contributed by atoms with E-state index in [1.165, 1.54) is 0 Å². The van der Waals surface area contributed by atoms with Gasteiger partial charge in [-0.3, -0.25) is 9.59 Å². The number of Topliss-reactive ketones (excluding diaryl/α,β-unsaturated/α-hetero) is 1. The van der Waals surface area contributed by atoms with Gasteiger partial charge in [0.1, 0.15) is 6.61 Å². The number of carboxylic acid groups (broad SMARTS) is 1. The highest BCUT2D eigenvalue weighted by molar-refractivity contribution is 5.83. The van der Waals surface area contributed by atoms with Crippen molar-refractivity contribution in [2.24, 2.45) is 17.3 Å². The molecule has 74 valence electrons. The number of rotatable bonds is 4. The number of ketones is 1. The van der Waals surface area contributed by atoms with Gasteiger partial charge in [-0.25, -0.2) is 0 Å². The van der Waals surface area contributed by atoms with Crippen LogP contribution in [0.15, 0.2) is 0 Å². The number of aliphatic carboxylic acids is 1. The lowest BCUT2D eigenvalue weighted by molar-refractivity contribution is -0.139. The summed E-state index contributed by atoms with van der Waals surface area (Å²) in [5, 5.41) is 17.3. The molecular weight excluding hydrogens is 172 g/mol. The fourth-order valence-electron chi connectivity index (χ4n) is 1.93. The Morgan fingerprint density at radius 3 is 2.23 bits per heavy atom. The van der Waals surface area contributed by atoms with Gasteiger partial charge in [-0.1, -0.05) is 13.8 Å². The standard InChI is InChI=1S/C9H14O4/c1-9(2)6(3-5(11)4-10)7(9)8(12)13/h6-7,10H,3-4H2,1-2H3,(H,12,13)/t6-,7-/m1/s1. The van der Waals surface area contributed by atoms with Crippen LogP contribution in [0.1, 0.15) is 20.3 Å². The van der Waals surface area contributed by atoms with Crippen LogP contribution in [0.3, 0.4) is 0 Å². The van der Waals surface area contributed by atoms with Crippen molar-refractivity contribution in [2.75, 3.05) is 6.61 Å². The number of hydrogen-bond acceptors (Lipinski definition) is 3. The van der Waals surface area contributed by atoms with Crippen LogP contribution < -0.4 is 0 Å². The molecule has 4 heteroatoms. The Hall–Kier alpha value is -0.900. The number of carbonyl (C=O) groups excluding carboxylic acids is 1. The van der Waals surface area contributed by atoms with Crippen LogP contribution in [0.2, 0.25) is 0 Å². The first-order valence-corrected chi connectivity index (χ1v) is 4.26. The van der Waals surface area contributed by atoms with Gasteiger partial charge < -0.3 is 10.2 Å². The molecule has 0 radical (unpaired) electrons. The Kier molecular flexibility index (Phi) is 2.43. The van der Waals surface area contributed by atoms with Crippen LogP contribution in [0.25, 0.3) is 0 Å². The summed E-state index contributed by atoms with van der Waals surface area (Å²) in [5.74, 6) is -1.66. The summed E-state index contributed by atoms with van der Waals surface area (Å²) in [6.45, 7) is 3.18. The molecule has 0 saturated heterocycles. The highest BCUT2D eigenvalue weighted by atomic mass is 16.4. The van der Waals surface area contributed by atoms with Crippen molar-refractivity contribution in [1.82, 2.24) is 0 Å². The maximum Gasteiger partial charge on any atom is 0.307 e. The number of carbonyl (C=O) groups is 2. The van der Waals surface area contributed by atoms with E-state index in [1.54, 1.807) is 0 Å². The molecule has 1 saturated carbocycles.